The Balaban J connectivity index is 2.03. The van der Waals surface area contributed by atoms with Gasteiger partial charge >= 0.3 is 12.1 Å². The van der Waals surface area contributed by atoms with Gasteiger partial charge in [0, 0.05) is 29.5 Å². The van der Waals surface area contributed by atoms with Crippen LogP contribution in [0.2, 0.25) is 0 Å². The van der Waals surface area contributed by atoms with Crippen LogP contribution in [0.3, 0.4) is 0 Å². The number of nitrogens with zero attached hydrogens (tertiary/aromatic N) is 1. The summed E-state index contributed by atoms with van der Waals surface area (Å²) in [5.74, 6) is -1.49. The van der Waals surface area contributed by atoms with E-state index in [-0.39, 0.29) is 41.2 Å². The van der Waals surface area contributed by atoms with Crippen LogP contribution in [0.1, 0.15) is 48.0 Å². The first-order valence-electron chi connectivity index (χ1n) is 9.74. The van der Waals surface area contributed by atoms with Crippen LogP contribution in [0.4, 0.5) is 4.79 Å². The van der Waals surface area contributed by atoms with Crippen molar-refractivity contribution in [3.8, 4) is 0 Å². The predicted octanol–water partition coefficient (Wildman–Crippen LogP) is 2.63. The van der Waals surface area contributed by atoms with Gasteiger partial charge in [-0.2, -0.15) is 0 Å². The summed E-state index contributed by atoms with van der Waals surface area (Å²) in [4.78, 5) is 49.7. The maximum absolute atomic E-state index is 12.7. The zero-order valence-electron chi connectivity index (χ0n) is 17.8. The van der Waals surface area contributed by atoms with E-state index in [4.69, 9.17) is 4.74 Å². The molecule has 0 unspecified atom stereocenters. The zero-order chi connectivity index (χ0) is 22.1. The number of nitrogens with one attached hydrogen (secondary N) is 1. The molecule has 0 aliphatic carbocycles. The number of ketones is 1. The Bertz CT molecular complexity index is 742. The van der Waals surface area contributed by atoms with E-state index in [1.165, 1.54) is 23.6 Å². The van der Waals surface area contributed by atoms with Gasteiger partial charge in [-0.1, -0.05) is 13.8 Å². The van der Waals surface area contributed by atoms with Crippen molar-refractivity contribution in [2.75, 3.05) is 12.3 Å². The number of carboxylic acids is 1. The number of carbonyl (C=O) groups excluding carboxylic acids is 3. The third-order valence-electron chi connectivity index (χ3n) is 5.04. The quantitative estimate of drug-likeness (QED) is 0.453. The largest absolute Gasteiger partial charge is 0.477 e. The lowest BCUT2D eigenvalue weighted by Crippen LogP contribution is -2.62. The number of amides is 2. The number of carboxylic acid groups (broad SMARTS) is 1. The van der Waals surface area contributed by atoms with E-state index < -0.39 is 17.7 Å². The molecule has 0 aromatic carbocycles. The molecule has 1 saturated heterocycles. The van der Waals surface area contributed by atoms with Gasteiger partial charge in [-0.15, -0.1) is 11.8 Å². The van der Waals surface area contributed by atoms with Crippen LogP contribution >= 0.6 is 11.8 Å². The fraction of sp³-hybridized carbons (Fsp3) is 0.700. The average molecular weight is 427 g/mol. The Labute approximate surface area is 175 Å². The van der Waals surface area contributed by atoms with Gasteiger partial charge in [0.25, 0.3) is 0 Å². The molecular formula is C20H30N2O6S. The maximum atomic E-state index is 12.7. The van der Waals surface area contributed by atoms with Gasteiger partial charge in [0.1, 0.15) is 17.1 Å². The van der Waals surface area contributed by atoms with Crippen molar-refractivity contribution >= 4 is 35.5 Å². The van der Waals surface area contributed by atoms with Crippen LogP contribution in [0, 0.1) is 17.8 Å². The highest BCUT2D eigenvalue weighted by molar-refractivity contribution is 8.03. The third-order valence-corrected chi connectivity index (χ3v) is 6.33. The Hall–Kier alpha value is -2.03. The fourth-order valence-corrected chi connectivity index (χ4v) is 5.16. The van der Waals surface area contributed by atoms with Crippen LogP contribution in [0.5, 0.6) is 0 Å². The summed E-state index contributed by atoms with van der Waals surface area (Å²) in [6.45, 7) is 10.9. The second kappa shape index (κ2) is 8.77. The third kappa shape index (κ3) is 5.12. The van der Waals surface area contributed by atoms with Crippen LogP contribution < -0.4 is 5.32 Å². The summed E-state index contributed by atoms with van der Waals surface area (Å²) in [6, 6.07) is -0.232. The molecule has 2 aliphatic heterocycles. The van der Waals surface area contributed by atoms with Gasteiger partial charge in [0.15, 0.2) is 0 Å². The second-order valence-electron chi connectivity index (χ2n) is 8.69. The van der Waals surface area contributed by atoms with Gasteiger partial charge < -0.3 is 24.9 Å². The molecule has 2 rings (SSSR count). The summed E-state index contributed by atoms with van der Waals surface area (Å²) < 4.78 is 5.17. The molecule has 0 aromatic heterocycles. The van der Waals surface area contributed by atoms with Gasteiger partial charge in [-0.05, 0) is 33.6 Å². The Kier molecular flexibility index (Phi) is 7.03. The van der Waals surface area contributed by atoms with Crippen molar-refractivity contribution in [1.82, 2.24) is 10.2 Å². The number of hydrogen-bond acceptors (Lipinski definition) is 6. The lowest BCUT2D eigenvalue weighted by atomic mass is 9.73. The number of hydrogen-bond donors (Lipinski definition) is 2. The predicted molar refractivity (Wildman–Crippen MR) is 109 cm³/mol. The SMILES string of the molecule is CC(=O)C[C@H](C)[C@H]1C(=O)N2C(C(=O)O)=C(SCCNC(=O)OC(C)(C)C)[C@H](C)[C@H]12. The van der Waals surface area contributed by atoms with E-state index in [2.05, 4.69) is 5.32 Å². The molecule has 29 heavy (non-hydrogen) atoms. The number of rotatable bonds is 8. The Morgan fingerprint density at radius 1 is 1.31 bits per heavy atom. The van der Waals surface area contributed by atoms with Crippen molar-refractivity contribution in [3.63, 3.8) is 0 Å². The number of alkyl carbamates (subject to hydrolysis) is 1. The van der Waals surface area contributed by atoms with Crippen molar-refractivity contribution in [2.45, 2.75) is 59.6 Å². The lowest BCUT2D eigenvalue weighted by Gasteiger charge is -2.47. The van der Waals surface area contributed by atoms with E-state index >= 15 is 0 Å². The molecule has 0 aromatic rings. The van der Waals surface area contributed by atoms with E-state index in [0.29, 0.717) is 23.6 Å². The molecule has 0 saturated carbocycles. The first-order chi connectivity index (χ1) is 13.3. The van der Waals surface area contributed by atoms with E-state index in [1.807, 2.05) is 13.8 Å². The summed E-state index contributed by atoms with van der Waals surface area (Å²) in [7, 11) is 0. The molecule has 2 N–H and O–H groups in total. The van der Waals surface area contributed by atoms with Crippen LogP contribution in [-0.4, -0.2) is 57.7 Å². The van der Waals surface area contributed by atoms with Crippen molar-refractivity contribution in [3.05, 3.63) is 10.6 Å². The highest BCUT2D eigenvalue weighted by Gasteiger charge is 2.59. The molecule has 2 aliphatic rings. The minimum Gasteiger partial charge on any atom is -0.477 e. The maximum Gasteiger partial charge on any atom is 0.407 e. The number of aliphatic carboxylic acids is 1. The molecule has 4 atom stereocenters. The van der Waals surface area contributed by atoms with Gasteiger partial charge in [-0.25, -0.2) is 9.59 Å². The fourth-order valence-electron chi connectivity index (χ4n) is 4.01. The monoisotopic (exact) mass is 426 g/mol. The Morgan fingerprint density at radius 3 is 2.45 bits per heavy atom. The van der Waals surface area contributed by atoms with Crippen LogP contribution in [-0.2, 0) is 19.1 Å². The summed E-state index contributed by atoms with van der Waals surface area (Å²) >= 11 is 1.33. The van der Waals surface area contributed by atoms with E-state index in [9.17, 15) is 24.3 Å². The van der Waals surface area contributed by atoms with Gasteiger partial charge in [0.05, 0.1) is 12.0 Å². The highest BCUT2D eigenvalue weighted by Crippen LogP contribution is 2.51. The summed E-state index contributed by atoms with van der Waals surface area (Å²) in [6.07, 6.45) is -0.222. The molecule has 9 heteroatoms. The average Bonchev–Trinajstić information content (AvgIpc) is 2.78. The molecule has 8 nitrogen and oxygen atoms in total. The van der Waals surface area contributed by atoms with Crippen molar-refractivity contribution in [2.24, 2.45) is 17.8 Å². The molecule has 1 fully saturated rings. The molecule has 0 spiro atoms. The van der Waals surface area contributed by atoms with E-state index in [1.54, 1.807) is 20.8 Å². The van der Waals surface area contributed by atoms with Crippen LogP contribution in [0.25, 0.3) is 0 Å². The second-order valence-corrected chi connectivity index (χ2v) is 9.83. The van der Waals surface area contributed by atoms with E-state index in [0.717, 1.165) is 0 Å². The normalized spacial score (nSPS) is 24.7. The smallest absolute Gasteiger partial charge is 0.407 e. The number of ether oxygens (including phenoxy) is 1. The molecule has 162 valence electrons. The molecular weight excluding hydrogens is 396 g/mol. The summed E-state index contributed by atoms with van der Waals surface area (Å²) in [5.41, 5.74) is -0.560. The molecule has 0 bridgehead atoms. The lowest BCUT2D eigenvalue weighted by molar-refractivity contribution is -0.160. The number of β-lactam (4-membered cyclic amide) rings is 1. The Morgan fingerprint density at radius 2 is 1.93 bits per heavy atom. The minimum atomic E-state index is -1.13. The molecule has 2 heterocycles. The van der Waals surface area contributed by atoms with Gasteiger partial charge in [-0.3, -0.25) is 4.79 Å². The topological polar surface area (TPSA) is 113 Å². The first kappa shape index (κ1) is 23.3. The van der Waals surface area contributed by atoms with Gasteiger partial charge in [0.2, 0.25) is 5.91 Å². The number of fused-ring (bicyclic) bond motifs is 1. The minimum absolute atomic E-state index is 0.0173. The number of carbonyl (C=O) groups is 4. The molecule has 0 radical (unpaired) electrons. The summed E-state index contributed by atoms with van der Waals surface area (Å²) in [5, 5.41) is 12.3. The van der Waals surface area contributed by atoms with Crippen molar-refractivity contribution < 1.29 is 29.0 Å². The highest BCUT2D eigenvalue weighted by atomic mass is 32.2. The zero-order valence-corrected chi connectivity index (χ0v) is 18.6. The first-order valence-corrected chi connectivity index (χ1v) is 10.7. The number of thioether (sulfide) groups is 1. The van der Waals surface area contributed by atoms with Crippen molar-refractivity contribution in [1.29, 1.82) is 0 Å². The van der Waals surface area contributed by atoms with Crippen LogP contribution in [0.15, 0.2) is 10.6 Å². The number of Topliss-reactive ketones (excluding diaryl/α,β-unsaturated/α-hetero) is 1. The molecule has 2 amide bonds. The standard InChI is InChI=1S/C20H30N2O6S/c1-10(9-11(2)23)13-14-12(3)16(15(18(25)26)22(14)17(13)24)29-8-7-21-19(27)28-20(4,5)6/h10,12-14H,7-9H2,1-6H3,(H,21,27)(H,25,26)/t10-,12+,13+,14+/m0/s1.